The highest BCUT2D eigenvalue weighted by atomic mass is 17.2. The van der Waals surface area contributed by atoms with E-state index in [9.17, 15) is 4.79 Å². The maximum Gasteiger partial charge on any atom is 0.438 e. The van der Waals surface area contributed by atoms with Gasteiger partial charge in [0, 0.05) is 13.5 Å². The van der Waals surface area contributed by atoms with Crippen LogP contribution in [0.3, 0.4) is 0 Å². The van der Waals surface area contributed by atoms with Gasteiger partial charge in [-0.1, -0.05) is 0 Å². The lowest BCUT2D eigenvalue weighted by molar-refractivity contribution is -0.241. The zero-order valence-corrected chi connectivity index (χ0v) is 6.66. The van der Waals surface area contributed by atoms with Crippen molar-refractivity contribution in [3.05, 3.63) is 0 Å². The number of rotatable bonds is 4. The maximum absolute atomic E-state index is 10.3. The fourth-order valence-electron chi connectivity index (χ4n) is 0.356. The number of aliphatic hydroxyl groups is 1. The molecule has 0 aliphatic rings. The smallest absolute Gasteiger partial charge is 0.393 e. The first-order valence-corrected chi connectivity index (χ1v) is 3.36. The Kier molecular flexibility index (Phi) is 5.50. The molecule has 1 atom stereocenters. The molecule has 0 aliphatic carbocycles. The van der Waals surface area contributed by atoms with Crippen molar-refractivity contribution >= 4 is 6.09 Å². The van der Waals surface area contributed by atoms with Crippen LogP contribution in [0.25, 0.3) is 0 Å². The molecule has 0 aromatic heterocycles. The number of carbonyl (C=O) groups excluding carboxylic acids is 1. The van der Waals surface area contributed by atoms with Gasteiger partial charge in [-0.2, -0.15) is 4.89 Å². The molecule has 0 fully saturated rings. The van der Waals surface area contributed by atoms with Gasteiger partial charge in [0.15, 0.2) is 0 Å². The van der Waals surface area contributed by atoms with E-state index in [4.69, 9.17) is 5.11 Å². The lowest BCUT2D eigenvalue weighted by atomic mass is 10.3. The average molecular weight is 163 g/mol. The van der Waals surface area contributed by atoms with Crippen LogP contribution in [0.5, 0.6) is 0 Å². The van der Waals surface area contributed by atoms with Gasteiger partial charge in [0.05, 0.1) is 12.7 Å². The zero-order chi connectivity index (χ0) is 8.69. The molecule has 1 unspecified atom stereocenters. The molecule has 5 heteroatoms. The highest BCUT2D eigenvalue weighted by Gasteiger charge is 1.99. The normalized spacial score (nSPS) is 12.3. The summed E-state index contributed by atoms with van der Waals surface area (Å²) in [6.45, 7) is 1.83. The van der Waals surface area contributed by atoms with Gasteiger partial charge < -0.3 is 10.4 Å². The number of nitrogens with one attached hydrogen (secondary N) is 1. The molecule has 0 radical (unpaired) electrons. The SMILES string of the molecule is CNC(=O)OOCCC(C)O. The van der Waals surface area contributed by atoms with Crippen molar-refractivity contribution in [3.8, 4) is 0 Å². The summed E-state index contributed by atoms with van der Waals surface area (Å²) in [5.74, 6) is 0. The first-order chi connectivity index (χ1) is 5.16. The van der Waals surface area contributed by atoms with Crippen LogP contribution >= 0.6 is 0 Å². The lowest BCUT2D eigenvalue weighted by Gasteiger charge is -2.03. The minimum atomic E-state index is -0.643. The summed E-state index contributed by atoms with van der Waals surface area (Å²) in [7, 11) is 1.43. The molecule has 0 spiro atoms. The Labute approximate surface area is 65.2 Å². The van der Waals surface area contributed by atoms with Crippen molar-refractivity contribution in [2.24, 2.45) is 0 Å². The van der Waals surface area contributed by atoms with Gasteiger partial charge >= 0.3 is 6.09 Å². The predicted octanol–water partition coefficient (Wildman–Crippen LogP) is 0.0449. The zero-order valence-electron chi connectivity index (χ0n) is 6.66. The molecule has 0 saturated carbocycles. The van der Waals surface area contributed by atoms with Gasteiger partial charge in [-0.3, -0.25) is 4.89 Å². The van der Waals surface area contributed by atoms with E-state index >= 15 is 0 Å². The molecule has 1 amide bonds. The summed E-state index contributed by atoms with van der Waals surface area (Å²) in [4.78, 5) is 18.9. The summed E-state index contributed by atoms with van der Waals surface area (Å²) in [6, 6.07) is 0. The van der Waals surface area contributed by atoms with Crippen molar-refractivity contribution in [2.45, 2.75) is 19.4 Å². The van der Waals surface area contributed by atoms with Crippen LogP contribution in [0.1, 0.15) is 13.3 Å². The number of aliphatic hydroxyl groups excluding tert-OH is 1. The van der Waals surface area contributed by atoms with Crippen molar-refractivity contribution in [3.63, 3.8) is 0 Å². The number of hydrogen-bond acceptors (Lipinski definition) is 4. The molecule has 0 heterocycles. The van der Waals surface area contributed by atoms with E-state index in [-0.39, 0.29) is 6.61 Å². The van der Waals surface area contributed by atoms with Gasteiger partial charge in [0.25, 0.3) is 0 Å². The van der Waals surface area contributed by atoms with E-state index < -0.39 is 12.2 Å². The molecule has 5 nitrogen and oxygen atoms in total. The van der Waals surface area contributed by atoms with Crippen LogP contribution in [0.2, 0.25) is 0 Å². The Morgan fingerprint density at radius 2 is 2.36 bits per heavy atom. The van der Waals surface area contributed by atoms with Crippen LogP contribution in [0, 0.1) is 0 Å². The van der Waals surface area contributed by atoms with Crippen LogP contribution in [-0.4, -0.2) is 31.0 Å². The standard InChI is InChI=1S/C6H13NO4/c1-5(8)3-4-10-11-6(9)7-2/h5,8H,3-4H2,1-2H3,(H,7,9). The van der Waals surface area contributed by atoms with E-state index in [1.54, 1.807) is 6.92 Å². The second kappa shape index (κ2) is 5.94. The molecule has 11 heavy (non-hydrogen) atoms. The van der Waals surface area contributed by atoms with Gasteiger partial charge in [-0.15, -0.1) is 0 Å². The van der Waals surface area contributed by atoms with E-state index in [1.807, 2.05) is 0 Å². The topological polar surface area (TPSA) is 67.8 Å². The van der Waals surface area contributed by atoms with Crippen molar-refractivity contribution < 1.29 is 19.7 Å². The van der Waals surface area contributed by atoms with Crippen molar-refractivity contribution in [2.75, 3.05) is 13.7 Å². The van der Waals surface area contributed by atoms with Gasteiger partial charge in [-0.05, 0) is 6.92 Å². The fraction of sp³-hybridized carbons (Fsp3) is 0.833. The highest BCUT2D eigenvalue weighted by Crippen LogP contribution is 1.90. The van der Waals surface area contributed by atoms with E-state index in [0.717, 1.165) is 0 Å². The van der Waals surface area contributed by atoms with Gasteiger partial charge in [0.1, 0.15) is 0 Å². The summed E-state index contributed by atoms with van der Waals surface area (Å²) in [5.41, 5.74) is 0. The Balaban J connectivity index is 3.08. The summed E-state index contributed by atoms with van der Waals surface area (Å²) in [6.07, 6.45) is -0.643. The minimum Gasteiger partial charge on any atom is -0.393 e. The molecule has 0 saturated heterocycles. The monoisotopic (exact) mass is 163 g/mol. The third kappa shape index (κ3) is 7.08. The quantitative estimate of drug-likeness (QED) is 0.349. The van der Waals surface area contributed by atoms with Gasteiger partial charge in [-0.25, -0.2) is 4.79 Å². The maximum atomic E-state index is 10.3. The van der Waals surface area contributed by atoms with Crippen LogP contribution < -0.4 is 5.32 Å². The van der Waals surface area contributed by atoms with E-state index in [0.29, 0.717) is 6.42 Å². The molecule has 0 aromatic carbocycles. The molecule has 0 rings (SSSR count). The lowest BCUT2D eigenvalue weighted by Crippen LogP contribution is -2.20. The Morgan fingerprint density at radius 1 is 1.73 bits per heavy atom. The second-order valence-corrected chi connectivity index (χ2v) is 2.08. The van der Waals surface area contributed by atoms with Crippen molar-refractivity contribution in [1.82, 2.24) is 5.32 Å². The minimum absolute atomic E-state index is 0.199. The molecule has 66 valence electrons. The Morgan fingerprint density at radius 3 is 2.82 bits per heavy atom. The van der Waals surface area contributed by atoms with Gasteiger partial charge in [0.2, 0.25) is 0 Å². The number of amides is 1. The molecule has 2 N–H and O–H groups in total. The summed E-state index contributed by atoms with van der Waals surface area (Å²) in [5, 5.41) is 10.9. The van der Waals surface area contributed by atoms with E-state index in [2.05, 4.69) is 15.1 Å². The second-order valence-electron chi connectivity index (χ2n) is 2.08. The highest BCUT2D eigenvalue weighted by molar-refractivity contribution is 5.65. The molecule has 0 aromatic rings. The van der Waals surface area contributed by atoms with Crippen LogP contribution in [-0.2, 0) is 9.78 Å². The number of hydrogen-bond donors (Lipinski definition) is 2. The Bertz CT molecular complexity index is 115. The first kappa shape index (κ1) is 10.2. The third-order valence-corrected chi connectivity index (χ3v) is 0.958. The van der Waals surface area contributed by atoms with Crippen molar-refractivity contribution in [1.29, 1.82) is 0 Å². The fourth-order valence-corrected chi connectivity index (χ4v) is 0.356. The predicted molar refractivity (Wildman–Crippen MR) is 37.8 cm³/mol. The average Bonchev–Trinajstić information content (AvgIpc) is 1.97. The Hall–Kier alpha value is -0.810. The third-order valence-electron chi connectivity index (χ3n) is 0.958. The summed E-state index contributed by atoms with van der Waals surface area (Å²) >= 11 is 0. The van der Waals surface area contributed by atoms with Crippen LogP contribution in [0.4, 0.5) is 4.79 Å². The largest absolute Gasteiger partial charge is 0.438 e. The molecule has 0 aliphatic heterocycles. The molecular formula is C6H13NO4. The number of carbonyl (C=O) groups is 1. The molecular weight excluding hydrogens is 150 g/mol. The van der Waals surface area contributed by atoms with Crippen LogP contribution in [0.15, 0.2) is 0 Å². The van der Waals surface area contributed by atoms with E-state index in [1.165, 1.54) is 7.05 Å². The first-order valence-electron chi connectivity index (χ1n) is 3.36. The summed E-state index contributed by atoms with van der Waals surface area (Å²) < 4.78 is 0. The molecule has 0 bridgehead atoms.